The van der Waals surface area contributed by atoms with Crippen LogP contribution >= 0.6 is 0 Å². The molecule has 2 saturated heterocycles. The van der Waals surface area contributed by atoms with Gasteiger partial charge in [-0.05, 0) is 19.3 Å². The number of nitrogens with one attached hydrogen (secondary N) is 1. The molecule has 0 radical (unpaired) electrons. The van der Waals surface area contributed by atoms with Crippen LogP contribution in [0.15, 0.2) is 0 Å². The average Bonchev–Trinajstić information content (AvgIpc) is 2.24. The SMILES string of the molecule is CC1C(=O)NC2(C)COCCC12. The lowest BCUT2D eigenvalue weighted by molar-refractivity contribution is -0.122. The van der Waals surface area contributed by atoms with E-state index in [0.29, 0.717) is 12.5 Å². The second kappa shape index (κ2) is 2.46. The van der Waals surface area contributed by atoms with E-state index in [9.17, 15) is 4.79 Å². The molecule has 3 nitrogen and oxygen atoms in total. The molecule has 2 heterocycles. The maximum Gasteiger partial charge on any atom is 0.223 e. The fraction of sp³-hybridized carbons (Fsp3) is 0.889. The summed E-state index contributed by atoms with van der Waals surface area (Å²) in [5.74, 6) is 0.825. The van der Waals surface area contributed by atoms with Gasteiger partial charge in [0, 0.05) is 12.5 Å². The van der Waals surface area contributed by atoms with E-state index in [4.69, 9.17) is 4.74 Å². The molecule has 3 heteroatoms. The Balaban J connectivity index is 2.24. The van der Waals surface area contributed by atoms with E-state index in [-0.39, 0.29) is 17.4 Å². The Hall–Kier alpha value is -0.570. The third-order valence-electron chi connectivity index (χ3n) is 3.22. The summed E-state index contributed by atoms with van der Waals surface area (Å²) in [7, 11) is 0. The second-order valence-corrected chi connectivity index (χ2v) is 4.14. The van der Waals surface area contributed by atoms with Crippen molar-refractivity contribution in [3.63, 3.8) is 0 Å². The zero-order chi connectivity index (χ0) is 8.77. The summed E-state index contributed by atoms with van der Waals surface area (Å²) in [5.41, 5.74) is -0.0885. The third-order valence-corrected chi connectivity index (χ3v) is 3.22. The maximum atomic E-state index is 11.4. The van der Waals surface area contributed by atoms with E-state index < -0.39 is 0 Å². The van der Waals surface area contributed by atoms with Gasteiger partial charge in [-0.3, -0.25) is 4.79 Å². The van der Waals surface area contributed by atoms with Crippen LogP contribution in [0.25, 0.3) is 0 Å². The first-order chi connectivity index (χ1) is 5.63. The summed E-state index contributed by atoms with van der Waals surface area (Å²) >= 11 is 0. The topological polar surface area (TPSA) is 38.3 Å². The van der Waals surface area contributed by atoms with Gasteiger partial charge < -0.3 is 10.1 Å². The highest BCUT2D eigenvalue weighted by molar-refractivity contribution is 5.82. The molecular weight excluding hydrogens is 154 g/mol. The summed E-state index contributed by atoms with van der Waals surface area (Å²) in [6.45, 7) is 5.57. The van der Waals surface area contributed by atoms with Crippen LogP contribution in [0.5, 0.6) is 0 Å². The molecule has 0 aliphatic carbocycles. The quantitative estimate of drug-likeness (QED) is 0.575. The van der Waals surface area contributed by atoms with Gasteiger partial charge in [0.05, 0.1) is 12.1 Å². The Labute approximate surface area is 72.5 Å². The smallest absolute Gasteiger partial charge is 0.223 e. The lowest BCUT2D eigenvalue weighted by Crippen LogP contribution is -2.50. The molecule has 2 aliphatic heterocycles. The fourth-order valence-electron chi connectivity index (χ4n) is 2.43. The molecule has 1 N–H and O–H groups in total. The first-order valence-corrected chi connectivity index (χ1v) is 4.53. The Morgan fingerprint density at radius 2 is 2.42 bits per heavy atom. The molecule has 12 heavy (non-hydrogen) atoms. The molecule has 0 saturated carbocycles. The number of rotatable bonds is 0. The van der Waals surface area contributed by atoms with Crippen molar-refractivity contribution in [3.05, 3.63) is 0 Å². The standard InChI is InChI=1S/C9H15NO2/c1-6-7-3-4-12-5-9(7,2)10-8(6)11/h6-7H,3-5H2,1-2H3,(H,10,11). The summed E-state index contributed by atoms with van der Waals surface area (Å²) in [5, 5.41) is 3.02. The monoisotopic (exact) mass is 169 g/mol. The molecule has 3 unspecified atom stereocenters. The predicted octanol–water partition coefficient (Wildman–Crippen LogP) is 0.547. The molecular formula is C9H15NO2. The molecule has 2 rings (SSSR count). The van der Waals surface area contributed by atoms with Gasteiger partial charge in [-0.1, -0.05) is 6.92 Å². The van der Waals surface area contributed by atoms with Crippen molar-refractivity contribution in [2.45, 2.75) is 25.8 Å². The highest BCUT2D eigenvalue weighted by atomic mass is 16.5. The van der Waals surface area contributed by atoms with Gasteiger partial charge in [0.1, 0.15) is 0 Å². The summed E-state index contributed by atoms with van der Waals surface area (Å²) in [6, 6.07) is 0. The van der Waals surface area contributed by atoms with Crippen LogP contribution in [0.2, 0.25) is 0 Å². The number of ether oxygens (including phenoxy) is 1. The molecule has 3 atom stereocenters. The van der Waals surface area contributed by atoms with Crippen LogP contribution in [-0.4, -0.2) is 24.7 Å². The summed E-state index contributed by atoms with van der Waals surface area (Å²) in [4.78, 5) is 11.4. The van der Waals surface area contributed by atoms with Crippen LogP contribution in [0.3, 0.4) is 0 Å². The number of fused-ring (bicyclic) bond motifs is 1. The molecule has 0 aromatic carbocycles. The molecule has 0 bridgehead atoms. The van der Waals surface area contributed by atoms with Crippen molar-refractivity contribution in [1.29, 1.82) is 0 Å². The minimum absolute atomic E-state index is 0.0885. The Kier molecular flexibility index (Phi) is 1.65. The largest absolute Gasteiger partial charge is 0.379 e. The Bertz CT molecular complexity index is 217. The van der Waals surface area contributed by atoms with Gasteiger partial charge in [0.2, 0.25) is 5.91 Å². The van der Waals surface area contributed by atoms with Crippen molar-refractivity contribution in [3.8, 4) is 0 Å². The van der Waals surface area contributed by atoms with Crippen molar-refractivity contribution < 1.29 is 9.53 Å². The summed E-state index contributed by atoms with van der Waals surface area (Å²) < 4.78 is 5.37. The third kappa shape index (κ3) is 0.959. The molecule has 68 valence electrons. The Morgan fingerprint density at radius 1 is 1.67 bits per heavy atom. The molecule has 0 spiro atoms. The summed E-state index contributed by atoms with van der Waals surface area (Å²) in [6.07, 6.45) is 1.01. The van der Waals surface area contributed by atoms with Crippen LogP contribution in [0, 0.1) is 11.8 Å². The van der Waals surface area contributed by atoms with Gasteiger partial charge in [-0.25, -0.2) is 0 Å². The number of hydrogen-bond donors (Lipinski definition) is 1. The number of amides is 1. The van der Waals surface area contributed by atoms with Crippen molar-refractivity contribution in [2.24, 2.45) is 11.8 Å². The Morgan fingerprint density at radius 3 is 3.08 bits per heavy atom. The van der Waals surface area contributed by atoms with Crippen molar-refractivity contribution >= 4 is 5.91 Å². The van der Waals surface area contributed by atoms with Gasteiger partial charge in [0.25, 0.3) is 0 Å². The molecule has 0 aromatic heterocycles. The zero-order valence-corrected chi connectivity index (χ0v) is 7.59. The first kappa shape index (κ1) is 8.05. The van der Waals surface area contributed by atoms with Gasteiger partial charge in [-0.15, -0.1) is 0 Å². The highest BCUT2D eigenvalue weighted by Gasteiger charge is 2.49. The molecule has 1 amide bonds. The van der Waals surface area contributed by atoms with E-state index in [1.807, 2.05) is 6.92 Å². The minimum atomic E-state index is -0.0885. The highest BCUT2D eigenvalue weighted by Crippen LogP contribution is 2.37. The van der Waals surface area contributed by atoms with E-state index in [1.165, 1.54) is 0 Å². The lowest BCUT2D eigenvalue weighted by atomic mass is 9.79. The number of hydrogen-bond acceptors (Lipinski definition) is 2. The van der Waals surface area contributed by atoms with Crippen LogP contribution in [-0.2, 0) is 9.53 Å². The van der Waals surface area contributed by atoms with Crippen LogP contribution in [0.1, 0.15) is 20.3 Å². The number of carbonyl (C=O) groups is 1. The van der Waals surface area contributed by atoms with E-state index in [0.717, 1.165) is 13.0 Å². The normalized spacial score (nSPS) is 47.0. The fourth-order valence-corrected chi connectivity index (χ4v) is 2.43. The van der Waals surface area contributed by atoms with Crippen LogP contribution in [0.4, 0.5) is 0 Å². The second-order valence-electron chi connectivity index (χ2n) is 4.14. The van der Waals surface area contributed by atoms with Crippen molar-refractivity contribution in [2.75, 3.05) is 13.2 Å². The molecule has 2 aliphatic rings. The lowest BCUT2D eigenvalue weighted by Gasteiger charge is -2.36. The van der Waals surface area contributed by atoms with E-state index in [2.05, 4.69) is 12.2 Å². The number of carbonyl (C=O) groups excluding carboxylic acids is 1. The first-order valence-electron chi connectivity index (χ1n) is 4.53. The van der Waals surface area contributed by atoms with Crippen LogP contribution < -0.4 is 5.32 Å². The zero-order valence-electron chi connectivity index (χ0n) is 7.59. The predicted molar refractivity (Wildman–Crippen MR) is 44.6 cm³/mol. The van der Waals surface area contributed by atoms with E-state index in [1.54, 1.807) is 0 Å². The minimum Gasteiger partial charge on any atom is -0.379 e. The van der Waals surface area contributed by atoms with Crippen molar-refractivity contribution in [1.82, 2.24) is 5.32 Å². The molecule has 0 aromatic rings. The molecule has 2 fully saturated rings. The van der Waals surface area contributed by atoms with Gasteiger partial charge in [-0.2, -0.15) is 0 Å². The van der Waals surface area contributed by atoms with Gasteiger partial charge >= 0.3 is 0 Å². The average molecular weight is 169 g/mol. The maximum absolute atomic E-state index is 11.4. The van der Waals surface area contributed by atoms with E-state index >= 15 is 0 Å². The van der Waals surface area contributed by atoms with Gasteiger partial charge in [0.15, 0.2) is 0 Å².